The van der Waals surface area contributed by atoms with Crippen molar-refractivity contribution in [3.63, 3.8) is 0 Å². The van der Waals surface area contributed by atoms with Gasteiger partial charge in [-0.1, -0.05) is 51.3 Å². The Morgan fingerprint density at radius 2 is 1.78 bits per heavy atom. The van der Waals surface area contributed by atoms with Crippen LogP contribution in [0.15, 0.2) is 40.9 Å². The van der Waals surface area contributed by atoms with Crippen LogP contribution in [0.3, 0.4) is 0 Å². The predicted molar refractivity (Wildman–Crippen MR) is 81.3 cm³/mol. The maximum absolute atomic E-state index is 13.2. The average Bonchev–Trinajstić information content (AvgIpc) is 2.32. The highest BCUT2D eigenvalue weighted by atomic mass is 79.9. The van der Waals surface area contributed by atoms with Crippen LogP contribution in [0.1, 0.15) is 16.0 Å². The van der Waals surface area contributed by atoms with Crippen LogP contribution in [0.25, 0.3) is 0 Å². The summed E-state index contributed by atoms with van der Waals surface area (Å²) >= 11 is 18.7. The Bertz CT molecular complexity index is 587. The Kier molecular flexibility index (Phi) is 4.70. The maximum Gasteiger partial charge on any atom is 0.137 e. The molecule has 18 heavy (non-hydrogen) atoms. The molecule has 0 aromatic heterocycles. The van der Waals surface area contributed by atoms with Crippen LogP contribution in [-0.2, 0) is 0 Å². The summed E-state index contributed by atoms with van der Waals surface area (Å²) in [6, 6.07) is 10.2. The Morgan fingerprint density at radius 1 is 1.06 bits per heavy atom. The van der Waals surface area contributed by atoms with Gasteiger partial charge in [0.2, 0.25) is 0 Å². The zero-order valence-electron chi connectivity index (χ0n) is 8.93. The van der Waals surface area contributed by atoms with Crippen molar-refractivity contribution in [1.29, 1.82) is 0 Å². The molecule has 5 heteroatoms. The first kappa shape index (κ1) is 14.3. The van der Waals surface area contributed by atoms with Crippen LogP contribution in [0, 0.1) is 5.82 Å². The van der Waals surface area contributed by atoms with Gasteiger partial charge in [0.05, 0.1) is 9.30 Å². The molecule has 0 nitrogen and oxygen atoms in total. The van der Waals surface area contributed by atoms with Crippen LogP contribution >= 0.6 is 55.1 Å². The molecular formula is C13H7Br2Cl2F. The standard InChI is InChI=1S/C13H7Br2Cl2F/c14-10-5-7(1-4-12(10)18)13(15)9-3-2-8(16)6-11(9)17/h1-6,13H. The fraction of sp³-hybridized carbons (Fsp3) is 0.0769. The van der Waals surface area contributed by atoms with E-state index in [2.05, 4.69) is 31.9 Å². The number of benzene rings is 2. The van der Waals surface area contributed by atoms with Crippen molar-refractivity contribution in [2.45, 2.75) is 4.83 Å². The monoisotopic (exact) mass is 410 g/mol. The van der Waals surface area contributed by atoms with Crippen molar-refractivity contribution in [1.82, 2.24) is 0 Å². The quantitative estimate of drug-likeness (QED) is 0.502. The molecule has 0 aliphatic heterocycles. The lowest BCUT2D eigenvalue weighted by Crippen LogP contribution is -1.94. The van der Waals surface area contributed by atoms with Gasteiger partial charge in [-0.3, -0.25) is 0 Å². The molecule has 1 atom stereocenters. The van der Waals surface area contributed by atoms with Gasteiger partial charge >= 0.3 is 0 Å². The summed E-state index contributed by atoms with van der Waals surface area (Å²) in [5, 5.41) is 1.16. The van der Waals surface area contributed by atoms with Gasteiger partial charge in [0, 0.05) is 10.0 Å². The molecule has 2 rings (SSSR count). The zero-order valence-corrected chi connectivity index (χ0v) is 13.6. The molecule has 0 radical (unpaired) electrons. The molecule has 0 bridgehead atoms. The van der Waals surface area contributed by atoms with Crippen LogP contribution in [0.4, 0.5) is 4.39 Å². The van der Waals surface area contributed by atoms with E-state index in [1.54, 1.807) is 24.3 Å². The van der Waals surface area contributed by atoms with Crippen molar-refractivity contribution in [2.75, 3.05) is 0 Å². The second-order valence-corrected chi connectivity index (χ2v) is 6.32. The number of halogens is 5. The van der Waals surface area contributed by atoms with E-state index in [4.69, 9.17) is 23.2 Å². The molecule has 2 aromatic rings. The molecule has 0 aliphatic rings. The predicted octanol–water partition coefficient (Wildman–Crippen LogP) is 6.38. The van der Waals surface area contributed by atoms with Crippen LogP contribution in [0.2, 0.25) is 10.0 Å². The second kappa shape index (κ2) is 5.91. The summed E-state index contributed by atoms with van der Waals surface area (Å²) in [4.78, 5) is -0.112. The average molecular weight is 413 g/mol. The smallest absolute Gasteiger partial charge is 0.137 e. The lowest BCUT2D eigenvalue weighted by Gasteiger charge is -2.13. The lowest BCUT2D eigenvalue weighted by molar-refractivity contribution is 0.620. The van der Waals surface area contributed by atoms with E-state index in [1.165, 1.54) is 6.07 Å². The van der Waals surface area contributed by atoms with Crippen molar-refractivity contribution >= 4 is 55.1 Å². The molecule has 0 saturated heterocycles. The number of hydrogen-bond acceptors (Lipinski definition) is 0. The van der Waals surface area contributed by atoms with Gasteiger partial charge in [-0.25, -0.2) is 4.39 Å². The van der Waals surface area contributed by atoms with E-state index in [9.17, 15) is 4.39 Å². The number of alkyl halides is 1. The fourth-order valence-electron chi connectivity index (χ4n) is 1.56. The van der Waals surface area contributed by atoms with Gasteiger partial charge in [0.25, 0.3) is 0 Å². The van der Waals surface area contributed by atoms with Gasteiger partial charge in [-0.15, -0.1) is 0 Å². The highest BCUT2D eigenvalue weighted by Crippen LogP contribution is 2.37. The third-order valence-electron chi connectivity index (χ3n) is 2.47. The molecule has 0 amide bonds. The van der Waals surface area contributed by atoms with Gasteiger partial charge < -0.3 is 0 Å². The van der Waals surface area contributed by atoms with E-state index in [-0.39, 0.29) is 10.6 Å². The van der Waals surface area contributed by atoms with Crippen LogP contribution < -0.4 is 0 Å². The molecule has 0 N–H and O–H groups in total. The van der Waals surface area contributed by atoms with E-state index >= 15 is 0 Å². The van der Waals surface area contributed by atoms with E-state index in [0.29, 0.717) is 14.5 Å². The second-order valence-electron chi connectivity index (χ2n) is 3.70. The first-order chi connectivity index (χ1) is 8.49. The summed E-state index contributed by atoms with van der Waals surface area (Å²) in [6.45, 7) is 0. The molecule has 0 spiro atoms. The molecule has 2 aromatic carbocycles. The van der Waals surface area contributed by atoms with Gasteiger partial charge in [0.15, 0.2) is 0 Å². The third-order valence-corrected chi connectivity index (χ3v) is 4.66. The van der Waals surface area contributed by atoms with Crippen molar-refractivity contribution in [3.05, 3.63) is 67.9 Å². The summed E-state index contributed by atoms with van der Waals surface area (Å²) in [5.41, 5.74) is 1.80. The molecule has 0 fully saturated rings. The minimum atomic E-state index is -0.291. The highest BCUT2D eigenvalue weighted by molar-refractivity contribution is 9.10. The normalized spacial score (nSPS) is 12.5. The third kappa shape index (κ3) is 3.08. The minimum absolute atomic E-state index is 0.112. The van der Waals surface area contributed by atoms with Gasteiger partial charge in [-0.2, -0.15) is 0 Å². The largest absolute Gasteiger partial charge is 0.206 e. The molecular weight excluding hydrogens is 406 g/mol. The van der Waals surface area contributed by atoms with Crippen molar-refractivity contribution < 1.29 is 4.39 Å². The Morgan fingerprint density at radius 3 is 2.39 bits per heavy atom. The van der Waals surface area contributed by atoms with Crippen molar-refractivity contribution in [3.8, 4) is 0 Å². The molecule has 94 valence electrons. The molecule has 0 aliphatic carbocycles. The molecule has 1 unspecified atom stereocenters. The van der Waals surface area contributed by atoms with E-state index in [0.717, 1.165) is 11.1 Å². The van der Waals surface area contributed by atoms with Gasteiger partial charge in [0.1, 0.15) is 5.82 Å². The van der Waals surface area contributed by atoms with E-state index in [1.807, 2.05) is 6.07 Å². The number of rotatable bonds is 2. The summed E-state index contributed by atoms with van der Waals surface area (Å²) in [7, 11) is 0. The maximum atomic E-state index is 13.2. The minimum Gasteiger partial charge on any atom is -0.206 e. The first-order valence-electron chi connectivity index (χ1n) is 5.03. The summed E-state index contributed by atoms with van der Waals surface area (Å²) in [6.07, 6.45) is 0. The number of hydrogen-bond donors (Lipinski definition) is 0. The van der Waals surface area contributed by atoms with Crippen molar-refractivity contribution in [2.24, 2.45) is 0 Å². The van der Waals surface area contributed by atoms with E-state index < -0.39 is 0 Å². The van der Waals surface area contributed by atoms with Crippen LogP contribution in [0.5, 0.6) is 0 Å². The topological polar surface area (TPSA) is 0 Å². The highest BCUT2D eigenvalue weighted by Gasteiger charge is 2.15. The zero-order chi connectivity index (χ0) is 13.3. The summed E-state index contributed by atoms with van der Waals surface area (Å²) in [5.74, 6) is -0.291. The Hall–Kier alpha value is -0.0900. The Labute approximate surface area is 131 Å². The first-order valence-corrected chi connectivity index (χ1v) is 7.49. The summed E-state index contributed by atoms with van der Waals surface area (Å²) < 4.78 is 13.6. The SMILES string of the molecule is Fc1ccc(C(Br)c2ccc(Cl)cc2Cl)cc1Br. The van der Waals surface area contributed by atoms with Gasteiger partial charge in [-0.05, 0) is 51.3 Å². The lowest BCUT2D eigenvalue weighted by atomic mass is 10.0. The Balaban J connectivity index is 2.41. The fourth-order valence-corrected chi connectivity index (χ4v) is 3.29. The molecule has 0 heterocycles. The van der Waals surface area contributed by atoms with Crippen LogP contribution in [-0.4, -0.2) is 0 Å². The molecule has 0 saturated carbocycles.